The minimum Gasteiger partial charge on any atom is -0.340 e. The molecule has 2 aromatic rings. The SMILES string of the molecule is CN(Cc1cccc([N+](=O)[O-])c1)C(=O)Cn1ccccc1=O. The number of nitro benzene ring substituents is 1. The highest BCUT2D eigenvalue weighted by molar-refractivity contribution is 5.75. The third kappa shape index (κ3) is 3.78. The van der Waals surface area contributed by atoms with Crippen molar-refractivity contribution < 1.29 is 9.72 Å². The van der Waals surface area contributed by atoms with Crippen LogP contribution < -0.4 is 5.56 Å². The van der Waals surface area contributed by atoms with Gasteiger partial charge in [0.2, 0.25) is 5.91 Å². The maximum Gasteiger partial charge on any atom is 0.269 e. The Hall–Kier alpha value is -2.96. The summed E-state index contributed by atoms with van der Waals surface area (Å²) in [4.78, 5) is 35.4. The summed E-state index contributed by atoms with van der Waals surface area (Å²) in [7, 11) is 1.59. The molecule has 114 valence electrons. The summed E-state index contributed by atoms with van der Waals surface area (Å²) in [6.07, 6.45) is 1.54. The third-order valence-electron chi connectivity index (χ3n) is 3.17. The first kappa shape index (κ1) is 15.4. The van der Waals surface area contributed by atoms with Crippen LogP contribution >= 0.6 is 0 Å². The lowest BCUT2D eigenvalue weighted by Gasteiger charge is -2.17. The standard InChI is InChI=1S/C15H15N3O4/c1-16(10-12-5-4-6-13(9-12)18(21)22)15(20)11-17-8-3-2-7-14(17)19/h2-9H,10-11H2,1H3. The van der Waals surface area contributed by atoms with E-state index in [1.54, 1.807) is 37.5 Å². The maximum absolute atomic E-state index is 12.1. The number of hydrogen-bond acceptors (Lipinski definition) is 4. The molecule has 0 aliphatic carbocycles. The van der Waals surface area contributed by atoms with E-state index in [2.05, 4.69) is 0 Å². The smallest absolute Gasteiger partial charge is 0.269 e. The topological polar surface area (TPSA) is 85.4 Å². The van der Waals surface area contributed by atoms with E-state index in [-0.39, 0.29) is 30.2 Å². The summed E-state index contributed by atoms with van der Waals surface area (Å²) in [6, 6.07) is 10.8. The van der Waals surface area contributed by atoms with Crippen molar-refractivity contribution in [3.63, 3.8) is 0 Å². The van der Waals surface area contributed by atoms with E-state index in [0.717, 1.165) is 0 Å². The van der Waals surface area contributed by atoms with Crippen molar-refractivity contribution >= 4 is 11.6 Å². The Morgan fingerprint density at radius 3 is 2.73 bits per heavy atom. The molecule has 0 fully saturated rings. The van der Waals surface area contributed by atoms with Crippen LogP contribution in [-0.4, -0.2) is 27.3 Å². The van der Waals surface area contributed by atoms with E-state index in [9.17, 15) is 19.7 Å². The molecule has 0 N–H and O–H groups in total. The summed E-state index contributed by atoms with van der Waals surface area (Å²) in [6.45, 7) is 0.174. The molecule has 0 radical (unpaired) electrons. The number of non-ortho nitro benzene ring substituents is 1. The Labute approximate surface area is 126 Å². The molecule has 1 aromatic carbocycles. The van der Waals surface area contributed by atoms with E-state index in [1.165, 1.54) is 27.7 Å². The second-order valence-corrected chi connectivity index (χ2v) is 4.84. The van der Waals surface area contributed by atoms with Gasteiger partial charge in [-0.25, -0.2) is 0 Å². The molecule has 0 unspecified atom stereocenters. The van der Waals surface area contributed by atoms with Crippen LogP contribution in [-0.2, 0) is 17.9 Å². The number of hydrogen-bond donors (Lipinski definition) is 0. The molecule has 2 rings (SSSR count). The first-order chi connectivity index (χ1) is 10.5. The van der Waals surface area contributed by atoms with Crippen molar-refractivity contribution in [3.05, 3.63) is 74.7 Å². The molecule has 0 spiro atoms. The summed E-state index contributed by atoms with van der Waals surface area (Å²) in [5, 5.41) is 10.7. The summed E-state index contributed by atoms with van der Waals surface area (Å²) in [5.74, 6) is -0.250. The Morgan fingerprint density at radius 2 is 2.05 bits per heavy atom. The van der Waals surface area contributed by atoms with Crippen LogP contribution in [0, 0.1) is 10.1 Å². The van der Waals surface area contributed by atoms with Gasteiger partial charge in [0.1, 0.15) is 6.54 Å². The zero-order valence-electron chi connectivity index (χ0n) is 12.0. The molecule has 0 bridgehead atoms. The number of amides is 1. The Bertz CT molecular complexity index is 754. The molecule has 7 nitrogen and oxygen atoms in total. The number of benzene rings is 1. The maximum atomic E-state index is 12.1. The van der Waals surface area contributed by atoms with Gasteiger partial charge in [0.15, 0.2) is 0 Å². The van der Waals surface area contributed by atoms with Gasteiger partial charge in [-0.2, -0.15) is 0 Å². The van der Waals surface area contributed by atoms with Crippen molar-refractivity contribution in [1.82, 2.24) is 9.47 Å². The van der Waals surface area contributed by atoms with E-state index >= 15 is 0 Å². The molecule has 0 saturated heterocycles. The van der Waals surface area contributed by atoms with Gasteiger partial charge in [-0.05, 0) is 11.6 Å². The van der Waals surface area contributed by atoms with Gasteiger partial charge in [-0.15, -0.1) is 0 Å². The fraction of sp³-hybridized carbons (Fsp3) is 0.200. The largest absolute Gasteiger partial charge is 0.340 e. The van der Waals surface area contributed by atoms with Gasteiger partial charge in [-0.3, -0.25) is 19.7 Å². The number of rotatable bonds is 5. The van der Waals surface area contributed by atoms with Crippen LogP contribution in [0.25, 0.3) is 0 Å². The normalized spacial score (nSPS) is 10.2. The fourth-order valence-electron chi connectivity index (χ4n) is 1.99. The molecule has 1 amide bonds. The highest BCUT2D eigenvalue weighted by Gasteiger charge is 2.12. The number of pyridine rings is 1. The molecule has 0 aliphatic heterocycles. The van der Waals surface area contributed by atoms with E-state index in [4.69, 9.17) is 0 Å². The molecule has 0 saturated carbocycles. The van der Waals surface area contributed by atoms with Crippen LogP contribution in [0.3, 0.4) is 0 Å². The highest BCUT2D eigenvalue weighted by Crippen LogP contribution is 2.14. The minimum absolute atomic E-state index is 0.0161. The zero-order valence-corrected chi connectivity index (χ0v) is 12.0. The van der Waals surface area contributed by atoms with Crippen molar-refractivity contribution in [2.24, 2.45) is 0 Å². The average Bonchev–Trinajstić information content (AvgIpc) is 2.49. The lowest BCUT2D eigenvalue weighted by molar-refractivity contribution is -0.384. The number of carbonyl (C=O) groups is 1. The van der Waals surface area contributed by atoms with E-state index in [0.29, 0.717) is 5.56 Å². The van der Waals surface area contributed by atoms with Crippen molar-refractivity contribution in [1.29, 1.82) is 0 Å². The zero-order chi connectivity index (χ0) is 16.1. The Balaban J connectivity index is 2.05. The first-order valence-electron chi connectivity index (χ1n) is 6.60. The number of nitrogens with zero attached hydrogens (tertiary/aromatic N) is 3. The van der Waals surface area contributed by atoms with Gasteiger partial charge in [0.25, 0.3) is 11.2 Å². The Kier molecular flexibility index (Phi) is 4.67. The monoisotopic (exact) mass is 301 g/mol. The second-order valence-electron chi connectivity index (χ2n) is 4.84. The van der Waals surface area contributed by atoms with Crippen LogP contribution in [0.1, 0.15) is 5.56 Å². The average molecular weight is 301 g/mol. The molecule has 1 heterocycles. The van der Waals surface area contributed by atoms with Gasteiger partial charge in [-0.1, -0.05) is 18.2 Å². The predicted octanol–water partition coefficient (Wildman–Crippen LogP) is 1.42. The van der Waals surface area contributed by atoms with E-state index < -0.39 is 4.92 Å². The lowest BCUT2D eigenvalue weighted by atomic mass is 10.2. The molecule has 22 heavy (non-hydrogen) atoms. The number of carbonyl (C=O) groups excluding carboxylic acids is 1. The Morgan fingerprint density at radius 1 is 1.27 bits per heavy atom. The van der Waals surface area contributed by atoms with Gasteiger partial charge >= 0.3 is 0 Å². The van der Waals surface area contributed by atoms with Crippen LogP contribution in [0.2, 0.25) is 0 Å². The summed E-state index contributed by atoms with van der Waals surface area (Å²) >= 11 is 0. The van der Waals surface area contributed by atoms with Crippen molar-refractivity contribution in [3.8, 4) is 0 Å². The summed E-state index contributed by atoms with van der Waals surface area (Å²) in [5.41, 5.74) is 0.391. The molecular formula is C15H15N3O4. The minimum atomic E-state index is -0.477. The quantitative estimate of drug-likeness (QED) is 0.617. The lowest BCUT2D eigenvalue weighted by Crippen LogP contribution is -2.33. The van der Waals surface area contributed by atoms with Gasteiger partial charge in [0.05, 0.1) is 4.92 Å². The molecule has 1 aromatic heterocycles. The predicted molar refractivity (Wildman–Crippen MR) is 80.3 cm³/mol. The molecular weight excluding hydrogens is 286 g/mol. The van der Waals surface area contributed by atoms with Crippen molar-refractivity contribution in [2.45, 2.75) is 13.1 Å². The molecule has 0 aliphatic rings. The van der Waals surface area contributed by atoms with Crippen molar-refractivity contribution in [2.75, 3.05) is 7.05 Å². The number of likely N-dealkylation sites (N-methyl/N-ethyl adjacent to an activating group) is 1. The molecule has 0 atom stereocenters. The van der Waals surface area contributed by atoms with Gasteiger partial charge in [0, 0.05) is 38.0 Å². The second kappa shape index (κ2) is 6.66. The van der Waals surface area contributed by atoms with E-state index in [1.807, 2.05) is 0 Å². The number of aromatic nitrogens is 1. The van der Waals surface area contributed by atoms with Crippen LogP contribution in [0.15, 0.2) is 53.5 Å². The fourth-order valence-corrected chi connectivity index (χ4v) is 1.99. The van der Waals surface area contributed by atoms with Gasteiger partial charge < -0.3 is 9.47 Å². The summed E-state index contributed by atoms with van der Waals surface area (Å²) < 4.78 is 1.31. The molecule has 7 heteroatoms. The number of nitro groups is 1. The third-order valence-corrected chi connectivity index (χ3v) is 3.17. The highest BCUT2D eigenvalue weighted by atomic mass is 16.6. The van der Waals surface area contributed by atoms with Crippen LogP contribution in [0.4, 0.5) is 5.69 Å². The first-order valence-corrected chi connectivity index (χ1v) is 6.60. The van der Waals surface area contributed by atoms with Crippen LogP contribution in [0.5, 0.6) is 0 Å².